The van der Waals surface area contributed by atoms with E-state index in [0.29, 0.717) is 28.1 Å². The summed E-state index contributed by atoms with van der Waals surface area (Å²) in [6.45, 7) is 1.92. The molecule has 2 aromatic rings. The summed E-state index contributed by atoms with van der Waals surface area (Å²) < 4.78 is 1.96. The number of amides is 1. The molecule has 0 atom stereocenters. The first kappa shape index (κ1) is 13.1. The third kappa shape index (κ3) is 2.51. The minimum atomic E-state index is -0.159. The standard InChI is InChI=1S/C15H16ClN3O/c1-9-2-3-11(7-13(9)16)18-15(20)14-6-10(17)8-19(14)12-4-5-12/h2-3,6-8,12H,4-5,17H2,1H3,(H,18,20). The number of halogens is 1. The minimum Gasteiger partial charge on any atom is -0.397 e. The molecular formula is C15H16ClN3O. The zero-order valence-corrected chi connectivity index (χ0v) is 11.9. The predicted octanol–water partition coefficient (Wildman–Crippen LogP) is 3.62. The largest absolute Gasteiger partial charge is 0.397 e. The molecular weight excluding hydrogens is 274 g/mol. The molecule has 3 rings (SSSR count). The minimum absolute atomic E-state index is 0.159. The molecule has 5 heteroatoms. The van der Waals surface area contributed by atoms with Gasteiger partial charge in [0.2, 0.25) is 0 Å². The van der Waals surface area contributed by atoms with Gasteiger partial charge < -0.3 is 15.6 Å². The van der Waals surface area contributed by atoms with Gasteiger partial charge in [-0.15, -0.1) is 0 Å². The van der Waals surface area contributed by atoms with E-state index in [1.165, 1.54) is 0 Å². The number of nitrogens with one attached hydrogen (secondary N) is 1. The summed E-state index contributed by atoms with van der Waals surface area (Å²) in [6, 6.07) is 7.60. The molecule has 0 unspecified atom stereocenters. The molecule has 1 aromatic heterocycles. The molecule has 0 bridgehead atoms. The van der Waals surface area contributed by atoms with E-state index in [4.69, 9.17) is 17.3 Å². The smallest absolute Gasteiger partial charge is 0.272 e. The molecule has 4 nitrogen and oxygen atoms in total. The number of aromatic nitrogens is 1. The second kappa shape index (κ2) is 4.87. The first-order valence-corrected chi connectivity index (χ1v) is 6.97. The third-order valence-electron chi connectivity index (χ3n) is 3.47. The molecule has 1 fully saturated rings. The van der Waals surface area contributed by atoms with E-state index < -0.39 is 0 Å². The van der Waals surface area contributed by atoms with Gasteiger partial charge in [0, 0.05) is 22.9 Å². The highest BCUT2D eigenvalue weighted by Crippen LogP contribution is 2.37. The Morgan fingerprint density at radius 2 is 2.15 bits per heavy atom. The second-order valence-electron chi connectivity index (χ2n) is 5.22. The van der Waals surface area contributed by atoms with Crippen molar-refractivity contribution in [1.82, 2.24) is 4.57 Å². The van der Waals surface area contributed by atoms with E-state index >= 15 is 0 Å². The highest BCUT2D eigenvalue weighted by atomic mass is 35.5. The number of carbonyl (C=O) groups excluding carboxylic acids is 1. The molecule has 0 spiro atoms. The van der Waals surface area contributed by atoms with Crippen LogP contribution >= 0.6 is 11.6 Å². The van der Waals surface area contributed by atoms with Gasteiger partial charge in [-0.25, -0.2) is 0 Å². The van der Waals surface area contributed by atoms with Crippen molar-refractivity contribution in [3.8, 4) is 0 Å². The van der Waals surface area contributed by atoms with Crippen molar-refractivity contribution in [2.24, 2.45) is 0 Å². The number of nitrogen functional groups attached to an aromatic ring is 1. The van der Waals surface area contributed by atoms with Gasteiger partial charge in [0.25, 0.3) is 5.91 Å². The molecule has 0 saturated heterocycles. The van der Waals surface area contributed by atoms with E-state index in [0.717, 1.165) is 18.4 Å². The molecule has 20 heavy (non-hydrogen) atoms. The van der Waals surface area contributed by atoms with Gasteiger partial charge in [-0.1, -0.05) is 17.7 Å². The molecule has 1 aromatic carbocycles. The van der Waals surface area contributed by atoms with Crippen molar-refractivity contribution in [3.63, 3.8) is 0 Å². The Labute approximate surface area is 122 Å². The van der Waals surface area contributed by atoms with Crippen molar-refractivity contribution in [3.05, 3.63) is 46.7 Å². The van der Waals surface area contributed by atoms with Crippen LogP contribution < -0.4 is 11.1 Å². The van der Waals surface area contributed by atoms with Crippen molar-refractivity contribution >= 4 is 28.9 Å². The van der Waals surface area contributed by atoms with Gasteiger partial charge in [-0.05, 0) is 43.5 Å². The van der Waals surface area contributed by atoms with Gasteiger partial charge >= 0.3 is 0 Å². The Hall–Kier alpha value is -1.94. The van der Waals surface area contributed by atoms with Crippen molar-refractivity contribution in [2.45, 2.75) is 25.8 Å². The quantitative estimate of drug-likeness (QED) is 0.906. The lowest BCUT2D eigenvalue weighted by Gasteiger charge is -2.09. The summed E-state index contributed by atoms with van der Waals surface area (Å²) in [6.07, 6.45) is 4.03. The van der Waals surface area contributed by atoms with Crippen LogP contribution in [0.1, 0.15) is 34.9 Å². The lowest BCUT2D eigenvalue weighted by Crippen LogP contribution is -2.16. The van der Waals surface area contributed by atoms with Crippen molar-refractivity contribution < 1.29 is 4.79 Å². The van der Waals surface area contributed by atoms with Crippen LogP contribution in [0.2, 0.25) is 5.02 Å². The number of nitrogens with zero attached hydrogens (tertiary/aromatic N) is 1. The van der Waals surface area contributed by atoms with E-state index in [9.17, 15) is 4.79 Å². The van der Waals surface area contributed by atoms with Gasteiger partial charge in [0.1, 0.15) is 5.69 Å². The van der Waals surface area contributed by atoms with Crippen LogP contribution in [0.15, 0.2) is 30.5 Å². The zero-order valence-electron chi connectivity index (χ0n) is 11.2. The van der Waals surface area contributed by atoms with E-state index in [1.807, 2.05) is 29.8 Å². The fourth-order valence-corrected chi connectivity index (χ4v) is 2.38. The van der Waals surface area contributed by atoms with Crippen LogP contribution in [0.4, 0.5) is 11.4 Å². The molecule has 1 heterocycles. The van der Waals surface area contributed by atoms with Crippen LogP contribution in [-0.2, 0) is 0 Å². The fourth-order valence-electron chi connectivity index (χ4n) is 2.20. The predicted molar refractivity (Wildman–Crippen MR) is 81.3 cm³/mol. The summed E-state index contributed by atoms with van der Waals surface area (Å²) in [5.74, 6) is -0.159. The van der Waals surface area contributed by atoms with Crippen LogP contribution in [0, 0.1) is 6.92 Å². The molecule has 1 amide bonds. The third-order valence-corrected chi connectivity index (χ3v) is 3.88. The molecule has 1 aliphatic rings. The van der Waals surface area contributed by atoms with Gasteiger partial charge in [0.15, 0.2) is 0 Å². The fraction of sp³-hybridized carbons (Fsp3) is 0.267. The van der Waals surface area contributed by atoms with Gasteiger partial charge in [-0.2, -0.15) is 0 Å². The highest BCUT2D eigenvalue weighted by molar-refractivity contribution is 6.31. The molecule has 3 N–H and O–H groups in total. The number of hydrogen-bond acceptors (Lipinski definition) is 2. The number of aryl methyl sites for hydroxylation is 1. The van der Waals surface area contributed by atoms with Crippen molar-refractivity contribution in [1.29, 1.82) is 0 Å². The van der Waals surface area contributed by atoms with Gasteiger partial charge in [-0.3, -0.25) is 4.79 Å². The number of rotatable bonds is 3. The highest BCUT2D eigenvalue weighted by Gasteiger charge is 2.27. The lowest BCUT2D eigenvalue weighted by molar-refractivity contribution is 0.101. The van der Waals surface area contributed by atoms with E-state index in [-0.39, 0.29) is 5.91 Å². The summed E-state index contributed by atoms with van der Waals surface area (Å²) >= 11 is 6.06. The number of carbonyl (C=O) groups is 1. The molecule has 1 saturated carbocycles. The molecule has 0 aliphatic heterocycles. The summed E-state index contributed by atoms with van der Waals surface area (Å²) in [4.78, 5) is 12.3. The normalized spacial score (nSPS) is 14.3. The maximum absolute atomic E-state index is 12.3. The Kier molecular flexibility index (Phi) is 3.18. The monoisotopic (exact) mass is 289 g/mol. The first-order chi connectivity index (χ1) is 9.54. The zero-order chi connectivity index (χ0) is 14.3. The Morgan fingerprint density at radius 3 is 2.80 bits per heavy atom. The van der Waals surface area contributed by atoms with Crippen LogP contribution in [0.5, 0.6) is 0 Å². The molecule has 104 valence electrons. The Morgan fingerprint density at radius 1 is 1.40 bits per heavy atom. The maximum atomic E-state index is 12.3. The van der Waals surface area contributed by atoms with Crippen LogP contribution in [0.3, 0.4) is 0 Å². The van der Waals surface area contributed by atoms with Crippen LogP contribution in [-0.4, -0.2) is 10.5 Å². The van der Waals surface area contributed by atoms with Crippen LogP contribution in [0.25, 0.3) is 0 Å². The molecule has 0 radical (unpaired) electrons. The number of anilines is 2. The molecule has 1 aliphatic carbocycles. The van der Waals surface area contributed by atoms with Gasteiger partial charge in [0.05, 0.1) is 5.69 Å². The number of hydrogen-bond donors (Lipinski definition) is 2. The van der Waals surface area contributed by atoms with E-state index in [1.54, 1.807) is 12.1 Å². The first-order valence-electron chi connectivity index (χ1n) is 6.59. The van der Waals surface area contributed by atoms with E-state index in [2.05, 4.69) is 5.32 Å². The second-order valence-corrected chi connectivity index (χ2v) is 5.62. The SMILES string of the molecule is Cc1ccc(NC(=O)c2cc(N)cn2C2CC2)cc1Cl. The Bertz CT molecular complexity index is 674. The summed E-state index contributed by atoms with van der Waals surface area (Å²) in [5, 5.41) is 3.50. The summed E-state index contributed by atoms with van der Waals surface area (Å²) in [5.41, 5.74) is 8.68. The lowest BCUT2D eigenvalue weighted by atomic mass is 10.2. The Balaban J connectivity index is 1.84. The maximum Gasteiger partial charge on any atom is 0.272 e. The summed E-state index contributed by atoms with van der Waals surface area (Å²) in [7, 11) is 0. The topological polar surface area (TPSA) is 60.1 Å². The average Bonchev–Trinajstić information content (AvgIpc) is 3.17. The number of nitrogens with two attached hydrogens (primary N) is 1. The number of benzene rings is 1. The van der Waals surface area contributed by atoms with Crippen molar-refractivity contribution in [2.75, 3.05) is 11.1 Å². The average molecular weight is 290 g/mol.